The molecule has 1 heteroatoms. The summed E-state index contributed by atoms with van der Waals surface area (Å²) in [4.78, 5) is 3.65. The molecule has 1 nitrogen and oxygen atoms in total. The Morgan fingerprint density at radius 3 is 1.49 bits per heavy atom. The van der Waals surface area contributed by atoms with E-state index in [-0.39, 0.29) is 0 Å². The predicted molar refractivity (Wildman–Crippen MR) is 185 cm³/mol. The minimum absolute atomic E-state index is 1.17. The Hall–Kier alpha value is -5.66. The van der Waals surface area contributed by atoms with Crippen molar-refractivity contribution < 1.29 is 0 Å². The van der Waals surface area contributed by atoms with Crippen molar-refractivity contribution in [2.75, 3.05) is 0 Å². The molecule has 0 saturated heterocycles. The lowest BCUT2D eigenvalue weighted by Crippen LogP contribution is -1.91. The van der Waals surface area contributed by atoms with Crippen LogP contribution in [0.2, 0.25) is 0 Å². The summed E-state index contributed by atoms with van der Waals surface area (Å²) in [6, 6.07) is 57.5. The number of aromatic amines is 1. The number of fused-ring (bicyclic) bond motifs is 6. The third-order valence-corrected chi connectivity index (χ3v) is 8.94. The first-order valence-corrected chi connectivity index (χ1v) is 14.9. The maximum Gasteiger partial charge on any atom is 0.0471 e. The number of nitrogens with one attached hydrogen (secondary N) is 1. The van der Waals surface area contributed by atoms with Crippen molar-refractivity contribution in [2.24, 2.45) is 0 Å². The summed E-state index contributed by atoms with van der Waals surface area (Å²) in [6.07, 6.45) is 0. The van der Waals surface area contributed by atoms with Crippen LogP contribution in [0, 0.1) is 0 Å². The van der Waals surface area contributed by atoms with Crippen molar-refractivity contribution in [3.63, 3.8) is 0 Å². The molecule has 43 heavy (non-hydrogen) atoms. The quantitative estimate of drug-likeness (QED) is 0.213. The van der Waals surface area contributed by atoms with Crippen LogP contribution in [0.1, 0.15) is 0 Å². The van der Waals surface area contributed by atoms with Crippen molar-refractivity contribution in [2.45, 2.75) is 0 Å². The molecule has 1 aromatic heterocycles. The summed E-state index contributed by atoms with van der Waals surface area (Å²) < 4.78 is 0. The van der Waals surface area contributed by atoms with Crippen molar-refractivity contribution >= 4 is 54.1 Å². The first-order chi connectivity index (χ1) is 21.3. The molecule has 9 aromatic rings. The molecule has 0 spiro atoms. The predicted octanol–water partition coefficient (Wildman–Crippen LogP) is 11.8. The fraction of sp³-hybridized carbons (Fsp3) is 0. The number of hydrogen-bond acceptors (Lipinski definition) is 0. The SMILES string of the molecule is c1ccc(-c2c3ccccc3c(-c3cccc(-c4ccc5[nH]c6cc7ccccc7cc6c5c4)c3)c3ccccc23)cc1. The maximum absolute atomic E-state index is 3.65. The molecule has 0 aliphatic heterocycles. The standard InChI is InChI=1S/C42H27N/c1-2-11-27(12-3-1)41-33-17-6-8-19-35(33)42(36-20-9-7-18-34(36)41)32-16-10-15-28(23-32)31-21-22-39-37(25-31)38-24-29-13-4-5-14-30(29)26-40(38)43-39/h1-26,43H. The number of benzene rings is 8. The topological polar surface area (TPSA) is 15.8 Å². The van der Waals surface area contributed by atoms with E-state index in [1.165, 1.54) is 87.5 Å². The summed E-state index contributed by atoms with van der Waals surface area (Å²) in [5.41, 5.74) is 9.84. The van der Waals surface area contributed by atoms with E-state index >= 15 is 0 Å². The summed E-state index contributed by atoms with van der Waals surface area (Å²) in [6.45, 7) is 0. The normalized spacial score (nSPS) is 11.7. The molecule has 0 aliphatic carbocycles. The highest BCUT2D eigenvalue weighted by Gasteiger charge is 2.17. The molecule has 0 unspecified atom stereocenters. The molecule has 200 valence electrons. The van der Waals surface area contributed by atoms with Crippen LogP contribution in [-0.2, 0) is 0 Å². The maximum atomic E-state index is 3.65. The van der Waals surface area contributed by atoms with Gasteiger partial charge in [0, 0.05) is 21.8 Å². The highest BCUT2D eigenvalue weighted by atomic mass is 14.7. The molecule has 0 aliphatic rings. The third-order valence-electron chi connectivity index (χ3n) is 8.94. The number of H-pyrrole nitrogens is 1. The zero-order valence-electron chi connectivity index (χ0n) is 23.5. The van der Waals surface area contributed by atoms with Gasteiger partial charge >= 0.3 is 0 Å². The number of rotatable bonds is 3. The molecular weight excluding hydrogens is 518 g/mol. The Labute approximate surface area is 249 Å². The van der Waals surface area contributed by atoms with Gasteiger partial charge in [0.2, 0.25) is 0 Å². The minimum atomic E-state index is 1.17. The van der Waals surface area contributed by atoms with Crippen molar-refractivity contribution in [1.29, 1.82) is 0 Å². The zero-order valence-corrected chi connectivity index (χ0v) is 23.5. The summed E-state index contributed by atoms with van der Waals surface area (Å²) in [5, 5.41) is 10.1. The monoisotopic (exact) mass is 545 g/mol. The van der Waals surface area contributed by atoms with Gasteiger partial charge in [0.05, 0.1) is 0 Å². The van der Waals surface area contributed by atoms with Gasteiger partial charge in [0.15, 0.2) is 0 Å². The van der Waals surface area contributed by atoms with Gasteiger partial charge in [0.1, 0.15) is 0 Å². The molecular formula is C42H27N. The van der Waals surface area contributed by atoms with Gasteiger partial charge in [0.25, 0.3) is 0 Å². The Morgan fingerprint density at radius 2 is 0.791 bits per heavy atom. The molecule has 9 rings (SSSR count). The van der Waals surface area contributed by atoms with E-state index in [0.29, 0.717) is 0 Å². The first-order valence-electron chi connectivity index (χ1n) is 14.9. The second-order valence-electron chi connectivity index (χ2n) is 11.4. The largest absolute Gasteiger partial charge is 0.354 e. The Balaban J connectivity index is 1.26. The van der Waals surface area contributed by atoms with Crippen LogP contribution in [0.4, 0.5) is 0 Å². The van der Waals surface area contributed by atoms with Gasteiger partial charge in [-0.05, 0) is 96.0 Å². The van der Waals surface area contributed by atoms with E-state index in [0.717, 1.165) is 0 Å². The minimum Gasteiger partial charge on any atom is -0.354 e. The average molecular weight is 546 g/mol. The summed E-state index contributed by atoms with van der Waals surface area (Å²) in [7, 11) is 0. The highest BCUT2D eigenvalue weighted by molar-refractivity contribution is 6.21. The van der Waals surface area contributed by atoms with E-state index < -0.39 is 0 Å². The molecule has 0 radical (unpaired) electrons. The van der Waals surface area contributed by atoms with E-state index in [4.69, 9.17) is 0 Å². The van der Waals surface area contributed by atoms with Crippen molar-refractivity contribution in [3.05, 3.63) is 158 Å². The molecule has 0 bridgehead atoms. The third kappa shape index (κ3) is 3.79. The molecule has 0 atom stereocenters. The van der Waals surface area contributed by atoms with Gasteiger partial charge in [-0.2, -0.15) is 0 Å². The van der Waals surface area contributed by atoms with Crippen molar-refractivity contribution in [3.8, 4) is 33.4 Å². The van der Waals surface area contributed by atoms with Crippen LogP contribution in [0.5, 0.6) is 0 Å². The zero-order chi connectivity index (χ0) is 28.3. The highest BCUT2D eigenvalue weighted by Crippen LogP contribution is 2.44. The van der Waals surface area contributed by atoms with Crippen LogP contribution in [0.15, 0.2) is 158 Å². The summed E-state index contributed by atoms with van der Waals surface area (Å²) in [5.74, 6) is 0. The van der Waals surface area contributed by atoms with Gasteiger partial charge in [-0.3, -0.25) is 0 Å². The van der Waals surface area contributed by atoms with Crippen LogP contribution in [0.25, 0.3) is 87.5 Å². The lowest BCUT2D eigenvalue weighted by molar-refractivity contribution is 1.55. The first kappa shape index (κ1) is 24.0. The Morgan fingerprint density at radius 1 is 0.279 bits per heavy atom. The Kier molecular flexibility index (Phi) is 5.27. The van der Waals surface area contributed by atoms with Crippen LogP contribution < -0.4 is 0 Å². The average Bonchev–Trinajstić information content (AvgIpc) is 3.43. The fourth-order valence-corrected chi connectivity index (χ4v) is 6.98. The smallest absolute Gasteiger partial charge is 0.0471 e. The lowest BCUT2D eigenvalue weighted by atomic mass is 9.85. The molecule has 1 heterocycles. The fourth-order valence-electron chi connectivity index (χ4n) is 6.98. The van der Waals surface area contributed by atoms with Crippen LogP contribution in [-0.4, -0.2) is 4.98 Å². The van der Waals surface area contributed by atoms with Gasteiger partial charge in [-0.1, -0.05) is 127 Å². The summed E-state index contributed by atoms with van der Waals surface area (Å²) >= 11 is 0. The lowest BCUT2D eigenvalue weighted by Gasteiger charge is -2.18. The van der Waals surface area contributed by atoms with Gasteiger partial charge in [-0.25, -0.2) is 0 Å². The van der Waals surface area contributed by atoms with Crippen LogP contribution >= 0.6 is 0 Å². The van der Waals surface area contributed by atoms with Gasteiger partial charge < -0.3 is 4.98 Å². The molecule has 0 amide bonds. The van der Waals surface area contributed by atoms with E-state index in [9.17, 15) is 0 Å². The van der Waals surface area contributed by atoms with Crippen LogP contribution in [0.3, 0.4) is 0 Å². The second kappa shape index (κ2) is 9.44. The second-order valence-corrected chi connectivity index (χ2v) is 11.4. The van der Waals surface area contributed by atoms with Crippen molar-refractivity contribution in [1.82, 2.24) is 4.98 Å². The van der Waals surface area contributed by atoms with E-state index in [2.05, 4.69) is 163 Å². The number of hydrogen-bond donors (Lipinski definition) is 1. The number of aromatic nitrogens is 1. The van der Waals surface area contributed by atoms with E-state index in [1.54, 1.807) is 0 Å². The van der Waals surface area contributed by atoms with E-state index in [1.807, 2.05) is 0 Å². The molecule has 0 saturated carbocycles. The van der Waals surface area contributed by atoms with Gasteiger partial charge in [-0.15, -0.1) is 0 Å². The Bertz CT molecular complexity index is 2440. The molecule has 1 N–H and O–H groups in total. The molecule has 8 aromatic carbocycles. The molecule has 0 fully saturated rings.